The summed E-state index contributed by atoms with van der Waals surface area (Å²) in [5.41, 5.74) is 7.23. The largest absolute Gasteiger partial charge is 0.506 e. The number of phenols is 1. The number of nitrogens with one attached hydrogen (secondary N) is 2. The second kappa shape index (κ2) is 13.6. The maximum Gasteiger partial charge on any atom is 0.271 e. The Morgan fingerprint density at radius 3 is 2.49 bits per heavy atom. The van der Waals surface area contributed by atoms with Crippen LogP contribution in [-0.4, -0.2) is 42.0 Å². The molecule has 1 atom stereocenters. The van der Waals surface area contributed by atoms with Crippen LogP contribution in [0.15, 0.2) is 96.1 Å². The molecule has 4 rings (SSSR count). The zero-order valence-corrected chi connectivity index (χ0v) is 22.2. The van der Waals surface area contributed by atoms with Crippen molar-refractivity contribution in [2.45, 2.75) is 13.0 Å². The SMILES string of the molecule is Cc1cc(/C=N/NC(=O)c2ccc(O)c(Cl)c2)cc(-c2ccccc2)c1OCCNCC(O)c1ccccc1.[HH].[HH]. The molecule has 7 nitrogen and oxygen atoms in total. The van der Waals surface area contributed by atoms with Gasteiger partial charge in [0.25, 0.3) is 5.91 Å². The summed E-state index contributed by atoms with van der Waals surface area (Å²) in [5, 5.41) is 27.3. The normalized spacial score (nSPS) is 11.9. The molecule has 0 aliphatic rings. The molecular formula is C31H34ClN3O4. The van der Waals surface area contributed by atoms with E-state index in [2.05, 4.69) is 15.8 Å². The quantitative estimate of drug-likeness (QED) is 0.105. The number of ether oxygens (including phenoxy) is 1. The van der Waals surface area contributed by atoms with Crippen molar-refractivity contribution in [1.29, 1.82) is 0 Å². The fourth-order valence-electron chi connectivity index (χ4n) is 4.04. The monoisotopic (exact) mass is 547 g/mol. The summed E-state index contributed by atoms with van der Waals surface area (Å²) in [6.07, 6.45) is 0.980. The topological polar surface area (TPSA) is 103 Å². The van der Waals surface area contributed by atoms with Gasteiger partial charge in [-0.1, -0.05) is 72.3 Å². The molecule has 4 aromatic carbocycles. The molecule has 204 valence electrons. The van der Waals surface area contributed by atoms with Gasteiger partial charge in [-0.2, -0.15) is 5.10 Å². The van der Waals surface area contributed by atoms with Gasteiger partial charge in [0.2, 0.25) is 0 Å². The Bertz CT molecular complexity index is 1440. The number of phenolic OH excluding ortho intramolecular Hbond substituents is 1. The maximum absolute atomic E-state index is 12.4. The van der Waals surface area contributed by atoms with E-state index in [0.717, 1.165) is 33.6 Å². The Morgan fingerprint density at radius 1 is 1.05 bits per heavy atom. The van der Waals surface area contributed by atoms with Crippen LogP contribution in [0.25, 0.3) is 11.1 Å². The maximum atomic E-state index is 12.4. The smallest absolute Gasteiger partial charge is 0.271 e. The summed E-state index contributed by atoms with van der Waals surface area (Å²) in [5.74, 6) is 0.216. The molecule has 0 aliphatic carbocycles. The van der Waals surface area contributed by atoms with E-state index < -0.39 is 12.0 Å². The van der Waals surface area contributed by atoms with Crippen molar-refractivity contribution in [3.8, 4) is 22.6 Å². The van der Waals surface area contributed by atoms with Crippen molar-refractivity contribution in [3.63, 3.8) is 0 Å². The van der Waals surface area contributed by atoms with E-state index in [9.17, 15) is 15.0 Å². The molecule has 0 spiro atoms. The molecular weight excluding hydrogens is 514 g/mol. The molecule has 0 fully saturated rings. The molecule has 39 heavy (non-hydrogen) atoms. The number of nitrogens with zero attached hydrogens (tertiary/aromatic N) is 1. The van der Waals surface area contributed by atoms with Gasteiger partial charge in [0.05, 0.1) is 17.3 Å². The molecule has 0 heterocycles. The lowest BCUT2D eigenvalue weighted by Crippen LogP contribution is -2.26. The number of hydrogen-bond acceptors (Lipinski definition) is 6. The van der Waals surface area contributed by atoms with Crippen LogP contribution in [-0.2, 0) is 0 Å². The number of amides is 1. The number of carbonyl (C=O) groups is 1. The van der Waals surface area contributed by atoms with Crippen molar-refractivity contribution < 1.29 is 22.6 Å². The molecule has 4 aromatic rings. The fraction of sp³-hybridized carbons (Fsp3) is 0.161. The number of hydrazone groups is 1. The molecule has 0 aliphatic heterocycles. The van der Waals surface area contributed by atoms with Gasteiger partial charge in [-0.25, -0.2) is 5.43 Å². The Kier molecular flexibility index (Phi) is 9.69. The molecule has 0 bridgehead atoms. The lowest BCUT2D eigenvalue weighted by Gasteiger charge is -2.17. The average Bonchev–Trinajstić information content (AvgIpc) is 2.95. The summed E-state index contributed by atoms with van der Waals surface area (Å²) < 4.78 is 6.19. The highest BCUT2D eigenvalue weighted by Gasteiger charge is 2.13. The van der Waals surface area contributed by atoms with Crippen LogP contribution < -0.4 is 15.5 Å². The van der Waals surface area contributed by atoms with Crippen molar-refractivity contribution in [2.75, 3.05) is 19.7 Å². The molecule has 0 saturated heterocycles. The van der Waals surface area contributed by atoms with Gasteiger partial charge in [-0.05, 0) is 59.5 Å². The summed E-state index contributed by atoms with van der Waals surface area (Å²) in [6, 6.07) is 27.5. The van der Waals surface area contributed by atoms with Gasteiger partial charge >= 0.3 is 0 Å². The van der Waals surface area contributed by atoms with Gasteiger partial charge in [0.15, 0.2) is 0 Å². The van der Waals surface area contributed by atoms with Crippen LogP contribution in [0, 0.1) is 6.92 Å². The predicted molar refractivity (Wildman–Crippen MR) is 159 cm³/mol. The summed E-state index contributed by atoms with van der Waals surface area (Å²) in [4.78, 5) is 12.4. The highest BCUT2D eigenvalue weighted by Crippen LogP contribution is 2.34. The van der Waals surface area contributed by atoms with E-state index in [1.54, 1.807) is 6.21 Å². The lowest BCUT2D eigenvalue weighted by molar-refractivity contribution is 0.0955. The van der Waals surface area contributed by atoms with E-state index in [1.807, 2.05) is 79.7 Å². The van der Waals surface area contributed by atoms with E-state index in [-0.39, 0.29) is 19.2 Å². The van der Waals surface area contributed by atoms with Crippen LogP contribution in [0.2, 0.25) is 5.02 Å². The Morgan fingerprint density at radius 2 is 1.77 bits per heavy atom. The third-order valence-corrected chi connectivity index (χ3v) is 6.32. The summed E-state index contributed by atoms with van der Waals surface area (Å²) in [6.45, 7) is 3.37. The first-order valence-corrected chi connectivity index (χ1v) is 12.9. The first-order valence-electron chi connectivity index (χ1n) is 12.5. The number of aromatic hydroxyl groups is 1. The van der Waals surface area contributed by atoms with Gasteiger partial charge in [0.1, 0.15) is 18.1 Å². The highest BCUT2D eigenvalue weighted by molar-refractivity contribution is 6.32. The number of aliphatic hydroxyl groups excluding tert-OH is 1. The molecule has 0 aromatic heterocycles. The molecule has 1 amide bonds. The number of aryl methyl sites for hydroxylation is 1. The molecule has 0 radical (unpaired) electrons. The number of rotatable bonds is 11. The zero-order chi connectivity index (χ0) is 27.6. The summed E-state index contributed by atoms with van der Waals surface area (Å²) >= 11 is 5.89. The number of benzene rings is 4. The second-order valence-corrected chi connectivity index (χ2v) is 9.33. The standard InChI is InChI=1S/C31H30ClN3O4.2H2/c1-21-16-22(19-34-35-31(38)25-12-13-28(36)27(32)18-25)17-26(23-8-4-2-5-9-23)30(21)39-15-14-33-20-29(37)24-10-6-3-7-11-24;;/h2-13,16-19,29,33,36-37H,14-15,20H2,1H3,(H,35,38);2*1H/b34-19+;;. The molecule has 0 saturated carbocycles. The number of aliphatic hydroxyl groups is 1. The van der Waals surface area contributed by atoms with Crippen LogP contribution in [0.4, 0.5) is 0 Å². The van der Waals surface area contributed by atoms with Gasteiger partial charge in [-0.15, -0.1) is 0 Å². The van der Waals surface area contributed by atoms with E-state index in [0.29, 0.717) is 19.7 Å². The van der Waals surface area contributed by atoms with Crippen molar-refractivity contribution in [2.24, 2.45) is 5.10 Å². The van der Waals surface area contributed by atoms with Crippen LogP contribution in [0.1, 0.15) is 36.0 Å². The predicted octanol–water partition coefficient (Wildman–Crippen LogP) is 5.98. The first kappa shape index (κ1) is 27.9. The van der Waals surface area contributed by atoms with Crippen LogP contribution in [0.5, 0.6) is 11.5 Å². The minimum atomic E-state index is -0.585. The molecule has 1 unspecified atom stereocenters. The average molecular weight is 548 g/mol. The second-order valence-electron chi connectivity index (χ2n) is 8.92. The molecule has 8 heteroatoms. The van der Waals surface area contributed by atoms with Gasteiger partial charge in [-0.3, -0.25) is 4.79 Å². The minimum absolute atomic E-state index is 0. The van der Waals surface area contributed by atoms with E-state index in [1.165, 1.54) is 18.2 Å². The number of hydrogen-bond donors (Lipinski definition) is 4. The third-order valence-electron chi connectivity index (χ3n) is 6.02. The first-order chi connectivity index (χ1) is 18.9. The Hall–Kier alpha value is -4.17. The van der Waals surface area contributed by atoms with E-state index >= 15 is 0 Å². The number of halogens is 1. The third kappa shape index (κ3) is 7.67. The van der Waals surface area contributed by atoms with Crippen molar-refractivity contribution >= 4 is 23.7 Å². The fourth-order valence-corrected chi connectivity index (χ4v) is 4.22. The Labute approximate surface area is 235 Å². The van der Waals surface area contributed by atoms with E-state index in [4.69, 9.17) is 16.3 Å². The van der Waals surface area contributed by atoms with Crippen molar-refractivity contribution in [3.05, 3.63) is 118 Å². The zero-order valence-electron chi connectivity index (χ0n) is 21.5. The molecule has 4 N–H and O–H groups in total. The highest BCUT2D eigenvalue weighted by atomic mass is 35.5. The van der Waals surface area contributed by atoms with Crippen LogP contribution >= 0.6 is 11.6 Å². The van der Waals surface area contributed by atoms with Gasteiger partial charge < -0.3 is 20.3 Å². The lowest BCUT2D eigenvalue weighted by atomic mass is 9.99. The minimum Gasteiger partial charge on any atom is -0.506 e. The number of carbonyl (C=O) groups excluding carboxylic acids is 1. The van der Waals surface area contributed by atoms with Crippen LogP contribution in [0.3, 0.4) is 0 Å². The van der Waals surface area contributed by atoms with Crippen molar-refractivity contribution in [1.82, 2.24) is 10.7 Å². The Balaban J connectivity index is 0.00000294. The van der Waals surface area contributed by atoms with Gasteiger partial charge in [0, 0.05) is 27.1 Å². The summed E-state index contributed by atoms with van der Waals surface area (Å²) in [7, 11) is 0.